The van der Waals surface area contributed by atoms with Crippen LogP contribution in [0.5, 0.6) is 5.75 Å². The van der Waals surface area contributed by atoms with Crippen molar-refractivity contribution >= 4 is 38.6 Å². The summed E-state index contributed by atoms with van der Waals surface area (Å²) in [5.41, 5.74) is 8.57. The number of aliphatic hydroxyl groups is 1. The Morgan fingerprint density at radius 1 is 0.980 bits per heavy atom. The third kappa shape index (κ3) is 11.3. The first kappa shape index (κ1) is 40.0. The molecule has 0 spiro atoms. The fraction of sp³-hybridized carbons (Fsp3) is 0.389. The summed E-state index contributed by atoms with van der Waals surface area (Å²) in [6, 6.07) is 10.7. The lowest BCUT2D eigenvalue weighted by molar-refractivity contribution is 0.0992. The summed E-state index contributed by atoms with van der Waals surface area (Å²) in [5, 5.41) is 10.1. The smallest absolute Gasteiger partial charge is 0.295 e. The molecule has 0 bridgehead atoms. The van der Waals surface area contributed by atoms with Gasteiger partial charge in [0.25, 0.3) is 16.0 Å². The zero-order valence-electron chi connectivity index (χ0n) is 28.5. The van der Waals surface area contributed by atoms with Gasteiger partial charge in [0, 0.05) is 41.4 Å². The van der Waals surface area contributed by atoms with Crippen LogP contribution in [0.2, 0.25) is 0 Å². The normalized spacial score (nSPS) is 12.3. The molecule has 0 radical (unpaired) electrons. The fourth-order valence-electron chi connectivity index (χ4n) is 5.26. The van der Waals surface area contributed by atoms with E-state index in [1.54, 1.807) is 35.4 Å². The van der Waals surface area contributed by atoms with E-state index in [0.29, 0.717) is 29.2 Å². The number of hydrogen-bond donors (Lipinski definition) is 3. The van der Waals surface area contributed by atoms with E-state index in [0.717, 1.165) is 21.3 Å². The van der Waals surface area contributed by atoms with Gasteiger partial charge in [-0.25, -0.2) is 13.8 Å². The topological polar surface area (TPSA) is 145 Å². The van der Waals surface area contributed by atoms with Crippen molar-refractivity contribution < 1.29 is 36.4 Å². The largest absolute Gasteiger partial charge is 0.493 e. The molecule has 1 aromatic heterocycles. The summed E-state index contributed by atoms with van der Waals surface area (Å²) in [6.45, 7) is 12.3. The predicted molar refractivity (Wildman–Crippen MR) is 194 cm³/mol. The molecule has 3 aromatic carbocycles. The SMILES string of the molecule is CC(C)c1cc(C(C)C)c(S(=O)(=O)O)c(C(C)C)c1.NC(=O)c1c(Cc2ccc(I)cc2F)cc(F)cc1OCC[C@@H](O)Cn1ccnc1. The predicted octanol–water partition coefficient (Wildman–Crippen LogP) is 7.59. The van der Waals surface area contributed by atoms with Crippen LogP contribution in [0.3, 0.4) is 0 Å². The Kier molecular flexibility index (Phi) is 14.3. The van der Waals surface area contributed by atoms with Crippen LogP contribution in [0.4, 0.5) is 8.78 Å². The number of aliphatic hydroxyl groups excluding tert-OH is 1. The van der Waals surface area contributed by atoms with Crippen molar-refractivity contribution in [2.75, 3.05) is 6.61 Å². The Morgan fingerprint density at radius 3 is 2.10 bits per heavy atom. The second kappa shape index (κ2) is 17.5. The minimum atomic E-state index is -4.20. The van der Waals surface area contributed by atoms with Crippen molar-refractivity contribution in [3.8, 4) is 5.75 Å². The Balaban J connectivity index is 0.000000295. The molecule has 0 saturated carbocycles. The number of nitrogens with zero attached hydrogens (tertiary/aromatic N) is 2. The summed E-state index contributed by atoms with van der Waals surface area (Å²) in [6.07, 6.45) is 4.42. The van der Waals surface area contributed by atoms with Crippen LogP contribution in [0, 0.1) is 15.2 Å². The van der Waals surface area contributed by atoms with Crippen LogP contribution in [0.1, 0.15) is 104 Å². The molecule has 0 unspecified atom stereocenters. The van der Waals surface area contributed by atoms with Crippen LogP contribution in [-0.4, -0.2) is 46.2 Å². The minimum absolute atomic E-state index is 0.00144. The molecule has 9 nitrogen and oxygen atoms in total. The van der Waals surface area contributed by atoms with Crippen molar-refractivity contribution in [1.82, 2.24) is 9.55 Å². The average molecular weight is 812 g/mol. The highest BCUT2D eigenvalue weighted by molar-refractivity contribution is 14.1. The number of ether oxygens (including phenoxy) is 1. The van der Waals surface area contributed by atoms with Crippen molar-refractivity contribution in [2.45, 2.75) is 89.7 Å². The molecule has 4 rings (SSSR count). The third-order valence-corrected chi connectivity index (χ3v) is 9.48. The van der Waals surface area contributed by atoms with Gasteiger partial charge in [-0.15, -0.1) is 0 Å². The Morgan fingerprint density at radius 2 is 1.61 bits per heavy atom. The lowest BCUT2D eigenvalue weighted by Crippen LogP contribution is -2.20. The molecule has 266 valence electrons. The first-order valence-electron chi connectivity index (χ1n) is 15.9. The van der Waals surface area contributed by atoms with Crippen molar-refractivity contribution in [3.63, 3.8) is 0 Å². The third-order valence-electron chi connectivity index (χ3n) is 7.82. The minimum Gasteiger partial charge on any atom is -0.493 e. The number of hydrogen-bond acceptors (Lipinski definition) is 6. The van der Waals surface area contributed by atoms with Gasteiger partial charge in [-0.2, -0.15) is 8.42 Å². The number of imidazole rings is 1. The summed E-state index contributed by atoms with van der Waals surface area (Å²) >= 11 is 1.99. The van der Waals surface area contributed by atoms with E-state index in [2.05, 4.69) is 18.8 Å². The van der Waals surface area contributed by atoms with E-state index in [4.69, 9.17) is 10.5 Å². The van der Waals surface area contributed by atoms with E-state index in [9.17, 15) is 31.7 Å². The van der Waals surface area contributed by atoms with Gasteiger partial charge in [0.1, 0.15) is 22.3 Å². The Labute approximate surface area is 300 Å². The lowest BCUT2D eigenvalue weighted by Gasteiger charge is -2.20. The van der Waals surface area contributed by atoms with Gasteiger partial charge in [0.2, 0.25) is 0 Å². The van der Waals surface area contributed by atoms with Crippen LogP contribution in [-0.2, 0) is 23.1 Å². The summed E-state index contributed by atoms with van der Waals surface area (Å²) < 4.78 is 69.4. The van der Waals surface area contributed by atoms with Crippen LogP contribution < -0.4 is 10.5 Å². The average Bonchev–Trinajstić information content (AvgIpc) is 3.50. The Hall–Kier alpha value is -3.40. The molecule has 0 saturated heterocycles. The van der Waals surface area contributed by atoms with E-state index in [1.165, 1.54) is 6.07 Å². The van der Waals surface area contributed by atoms with Crippen molar-refractivity contribution in [2.24, 2.45) is 5.73 Å². The molecule has 1 amide bonds. The number of carbonyl (C=O) groups excluding carboxylic acids is 1. The molecule has 0 aliphatic rings. The van der Waals surface area contributed by atoms with Crippen LogP contribution in [0.15, 0.2) is 66.1 Å². The number of halogens is 3. The van der Waals surface area contributed by atoms with Gasteiger partial charge in [-0.05, 0) is 86.4 Å². The molecule has 13 heteroatoms. The zero-order chi connectivity index (χ0) is 36.6. The number of carbonyl (C=O) groups is 1. The maximum Gasteiger partial charge on any atom is 0.295 e. The highest BCUT2D eigenvalue weighted by atomic mass is 127. The van der Waals surface area contributed by atoms with Crippen LogP contribution in [0.25, 0.3) is 0 Å². The molecule has 4 aromatic rings. The molecule has 1 atom stereocenters. The van der Waals surface area contributed by atoms with Gasteiger partial charge < -0.3 is 20.1 Å². The first-order valence-corrected chi connectivity index (χ1v) is 18.4. The van der Waals surface area contributed by atoms with Gasteiger partial charge in [0.15, 0.2) is 0 Å². The van der Waals surface area contributed by atoms with Gasteiger partial charge in [0.05, 0.1) is 24.6 Å². The monoisotopic (exact) mass is 811 g/mol. The zero-order valence-corrected chi connectivity index (χ0v) is 31.4. The summed E-state index contributed by atoms with van der Waals surface area (Å²) in [7, 11) is -4.20. The molecule has 0 aliphatic carbocycles. The number of rotatable bonds is 13. The van der Waals surface area contributed by atoms with E-state index >= 15 is 0 Å². The molecular formula is C36H44F2IN3O6S. The molecule has 0 aliphatic heterocycles. The highest BCUT2D eigenvalue weighted by Crippen LogP contribution is 2.35. The molecule has 4 N–H and O–H groups in total. The van der Waals surface area contributed by atoms with E-state index < -0.39 is 33.8 Å². The van der Waals surface area contributed by atoms with Gasteiger partial charge >= 0.3 is 0 Å². The fourth-order valence-corrected chi connectivity index (χ4v) is 6.90. The van der Waals surface area contributed by atoms with Gasteiger partial charge in [-0.3, -0.25) is 9.35 Å². The highest BCUT2D eigenvalue weighted by Gasteiger charge is 2.25. The van der Waals surface area contributed by atoms with Gasteiger partial charge in [-0.1, -0.05) is 59.7 Å². The van der Waals surface area contributed by atoms with Crippen molar-refractivity contribution in [3.05, 3.63) is 110 Å². The molecule has 0 fully saturated rings. The standard InChI is InChI=1S/C21H20F2IN3O3.C15H24O3S/c22-15-8-14(7-13-1-2-16(24)10-18(13)23)20(21(25)29)19(9-15)30-6-3-17(28)11-27-5-4-26-12-27;1-9(2)12-7-13(10(3)4)15(19(16,17)18)14(8-12)11(5)6/h1-2,4-5,8-10,12,17,28H,3,6-7,11H2,(H2,25,29);7-11H,1-6H3,(H,16,17,18)/t17-;/m1./s1. The Bertz CT molecular complexity index is 1820. The molecular weight excluding hydrogens is 767 g/mol. The number of aromatic nitrogens is 2. The lowest BCUT2D eigenvalue weighted by atomic mass is 9.89. The maximum atomic E-state index is 14.2. The molecule has 1 heterocycles. The van der Waals surface area contributed by atoms with E-state index in [1.807, 2.05) is 62.4 Å². The number of amides is 1. The number of benzene rings is 3. The summed E-state index contributed by atoms with van der Waals surface area (Å²) in [5.74, 6) is -1.49. The quantitative estimate of drug-likeness (QED) is 0.0933. The maximum absolute atomic E-state index is 14.2. The number of nitrogens with two attached hydrogens (primary N) is 1. The molecule has 49 heavy (non-hydrogen) atoms. The summed E-state index contributed by atoms with van der Waals surface area (Å²) in [4.78, 5) is 16.1. The van der Waals surface area contributed by atoms with Crippen LogP contribution >= 0.6 is 22.6 Å². The second-order valence-electron chi connectivity index (χ2n) is 12.7. The number of primary amides is 1. The van der Waals surface area contributed by atoms with Crippen molar-refractivity contribution in [1.29, 1.82) is 0 Å². The van der Waals surface area contributed by atoms with E-state index in [-0.39, 0.29) is 53.1 Å². The second-order valence-corrected chi connectivity index (χ2v) is 15.3. The first-order chi connectivity index (χ1) is 22.9.